The molecule has 0 radical (unpaired) electrons. The Morgan fingerprint density at radius 1 is 0.667 bits per heavy atom. The Morgan fingerprint density at radius 3 is 1.50 bits per heavy atom. The van der Waals surface area contributed by atoms with Crippen molar-refractivity contribution >= 4 is 11.9 Å². The Kier molecular flexibility index (Phi) is 12.8. The van der Waals surface area contributed by atoms with Gasteiger partial charge >= 0.3 is 11.9 Å². The number of aliphatic carboxylic acids is 2. The zero-order chi connectivity index (χ0) is 20.5. The molecule has 0 aromatic heterocycles. The Balaban J connectivity index is 0. The number of hydrogen-bond donors (Lipinski definition) is 6. The molecule has 0 aromatic carbocycles. The highest BCUT2D eigenvalue weighted by molar-refractivity contribution is 5.74. The average Bonchev–Trinajstić information content (AvgIpc) is 2.62. The number of ether oxygens (including phenoxy) is 5. The zero-order valence-corrected chi connectivity index (χ0v) is 14.3. The topological polar surface area (TPSA) is 202 Å². The summed E-state index contributed by atoms with van der Waals surface area (Å²) in [5.74, 6) is -3.11. The normalized spacial score (nSPS) is 40.9. The molecule has 2 saturated heterocycles. The van der Waals surface area contributed by atoms with Gasteiger partial charge in [-0.15, -0.1) is 0 Å². The Bertz CT molecular complexity index is 544. The van der Waals surface area contributed by atoms with Crippen molar-refractivity contribution in [3.05, 3.63) is 0 Å². The number of hydrogen-bond acceptors (Lipinski definition) is 11. The summed E-state index contributed by atoms with van der Waals surface area (Å²) in [5, 5.41) is 58.7. The zero-order valence-electron chi connectivity index (χ0n) is 14.3. The molecule has 6 N–H and O–H groups in total. The predicted octanol–water partition coefficient (Wildman–Crippen LogP) is -2.00. The highest BCUT2D eigenvalue weighted by Gasteiger charge is 2.54. The number of aliphatic hydroxyl groups is 4. The van der Waals surface area contributed by atoms with Crippen LogP contribution in [0.3, 0.4) is 0 Å². The van der Waals surface area contributed by atoms with Gasteiger partial charge in [0.2, 0.25) is 0 Å². The Hall–Kier alpha value is -1.42. The van der Waals surface area contributed by atoms with Gasteiger partial charge in [0.05, 0.1) is 0 Å². The van der Waals surface area contributed by atoms with Crippen molar-refractivity contribution in [2.24, 2.45) is 0 Å². The number of carbonyl (C=O) groups is 2. The fourth-order valence-electron chi connectivity index (χ4n) is 2.95. The van der Waals surface area contributed by atoms with Crippen LogP contribution in [0.1, 0.15) is 22.3 Å². The van der Waals surface area contributed by atoms with E-state index in [1.165, 1.54) is 0 Å². The summed E-state index contributed by atoms with van der Waals surface area (Å²) >= 11 is 0. The van der Waals surface area contributed by atoms with Crippen LogP contribution in [-0.2, 0) is 33.3 Å². The smallest absolute Gasteiger partial charge is 0.335 e. The van der Waals surface area contributed by atoms with Crippen molar-refractivity contribution in [1.29, 1.82) is 0 Å². The van der Waals surface area contributed by atoms with E-state index in [1.807, 2.05) is 0 Å². The van der Waals surface area contributed by atoms with E-state index in [2.05, 4.69) is 0 Å². The molecule has 2 aliphatic heterocycles. The second-order valence-corrected chi connectivity index (χ2v) is 6.03. The third kappa shape index (κ3) is 5.84. The molecule has 0 aromatic rings. The largest absolute Gasteiger partial charge is 0.479 e. The Morgan fingerprint density at radius 2 is 1.07 bits per heavy atom. The first-order valence-corrected chi connectivity index (χ1v) is 7.83. The van der Waals surface area contributed by atoms with Crippen LogP contribution in [0.4, 0.5) is 0 Å². The summed E-state index contributed by atoms with van der Waals surface area (Å²) < 4.78 is 24.9. The van der Waals surface area contributed by atoms with Gasteiger partial charge in [-0.1, -0.05) is 22.3 Å². The monoisotopic (exact) mass is 446 g/mol. The number of carboxylic acid groups (broad SMARTS) is 2. The fraction of sp³-hybridized carbons (Fsp3) is 0.882. The molecule has 180 valence electrons. The van der Waals surface area contributed by atoms with Crippen LogP contribution in [0.15, 0.2) is 0 Å². The molecule has 2 heterocycles. The molecule has 0 bridgehead atoms. The van der Waals surface area contributed by atoms with Crippen LogP contribution in [-0.4, -0.2) is 118 Å². The molecular weight excluding hydrogens is 412 g/mol. The minimum absolute atomic E-state index is 0. The molecule has 2 rings (SSSR count). The molecule has 0 saturated carbocycles. The van der Waals surface area contributed by atoms with Crippen LogP contribution in [0.5, 0.6) is 0 Å². The molecule has 2 aliphatic rings. The van der Waals surface area contributed by atoms with E-state index in [-0.39, 0.29) is 22.3 Å². The highest BCUT2D eigenvalue weighted by Crippen LogP contribution is 2.30. The summed E-state index contributed by atoms with van der Waals surface area (Å²) in [7, 11) is 2.22. The SMILES string of the molecule is C.C.C.CO[C@@H]1OC(C(=O)O)[C@@H](O[C@@H]2OC(C(=O)O)[C@H](OC)[C@@H](O)C2O)[C@@H](O)C1O. The third-order valence-electron chi connectivity index (χ3n) is 4.37. The molecule has 0 spiro atoms. The maximum absolute atomic E-state index is 11.4. The second kappa shape index (κ2) is 12.4. The minimum atomic E-state index is -1.86. The number of rotatable bonds is 6. The summed E-state index contributed by atoms with van der Waals surface area (Å²) in [4.78, 5) is 22.7. The van der Waals surface area contributed by atoms with Gasteiger partial charge in [0.1, 0.15) is 36.6 Å². The van der Waals surface area contributed by atoms with Gasteiger partial charge < -0.3 is 54.3 Å². The van der Waals surface area contributed by atoms with E-state index in [4.69, 9.17) is 23.7 Å². The van der Waals surface area contributed by atoms with Crippen molar-refractivity contribution < 1.29 is 63.9 Å². The van der Waals surface area contributed by atoms with Crippen molar-refractivity contribution in [2.75, 3.05) is 14.2 Å². The van der Waals surface area contributed by atoms with Crippen molar-refractivity contribution in [3.8, 4) is 0 Å². The van der Waals surface area contributed by atoms with Gasteiger partial charge in [0.25, 0.3) is 0 Å². The van der Waals surface area contributed by atoms with Gasteiger partial charge in [-0.2, -0.15) is 0 Å². The van der Waals surface area contributed by atoms with E-state index in [0.29, 0.717) is 0 Å². The quantitative estimate of drug-likeness (QED) is 0.262. The third-order valence-corrected chi connectivity index (χ3v) is 4.37. The highest BCUT2D eigenvalue weighted by atomic mass is 16.7. The number of methoxy groups -OCH3 is 2. The van der Waals surface area contributed by atoms with Crippen LogP contribution in [0.2, 0.25) is 0 Å². The van der Waals surface area contributed by atoms with E-state index in [1.54, 1.807) is 0 Å². The lowest BCUT2D eigenvalue weighted by Crippen LogP contribution is -2.65. The lowest BCUT2D eigenvalue weighted by atomic mass is 9.96. The predicted molar refractivity (Wildman–Crippen MR) is 99.5 cm³/mol. The molecular formula is C17H34O13. The van der Waals surface area contributed by atoms with Gasteiger partial charge in [-0.25, -0.2) is 9.59 Å². The van der Waals surface area contributed by atoms with E-state index >= 15 is 0 Å². The van der Waals surface area contributed by atoms with Gasteiger partial charge in [0, 0.05) is 14.2 Å². The first-order valence-electron chi connectivity index (χ1n) is 7.83. The van der Waals surface area contributed by atoms with Crippen molar-refractivity contribution in [2.45, 2.75) is 83.7 Å². The molecule has 0 aliphatic carbocycles. The molecule has 13 nitrogen and oxygen atoms in total. The molecule has 2 fully saturated rings. The fourth-order valence-corrected chi connectivity index (χ4v) is 2.95. The first-order chi connectivity index (χ1) is 12.6. The lowest BCUT2D eigenvalue weighted by molar-refractivity contribution is -0.349. The summed E-state index contributed by atoms with van der Waals surface area (Å²) in [6.07, 6.45) is -17.3. The number of aliphatic hydroxyl groups excluding tert-OH is 4. The van der Waals surface area contributed by atoms with E-state index < -0.39 is 73.4 Å². The molecule has 30 heavy (non-hydrogen) atoms. The van der Waals surface area contributed by atoms with Gasteiger partial charge in [0.15, 0.2) is 24.8 Å². The summed E-state index contributed by atoms with van der Waals surface area (Å²) in [6, 6.07) is 0. The molecule has 10 atom stereocenters. The standard InChI is InChI=1S/C14H22O13.3CH4/c1-23-7-3(15)6(18)14(27-9(7)11(19)20)25-8-4(16)5(17)13(24-2)26-10(8)12(21)22;;;/h3-10,13-18H,1-2H3,(H,19,20)(H,21,22);3*1H4/t3-,4-,5?,6?,7+,8-,9?,10?,13+,14+;;;/m0.../s1. The average molecular weight is 446 g/mol. The molecule has 0 amide bonds. The van der Waals surface area contributed by atoms with Gasteiger partial charge in [-0.3, -0.25) is 0 Å². The van der Waals surface area contributed by atoms with Crippen LogP contribution in [0, 0.1) is 0 Å². The van der Waals surface area contributed by atoms with Crippen molar-refractivity contribution in [3.63, 3.8) is 0 Å². The molecule has 4 unspecified atom stereocenters. The maximum atomic E-state index is 11.4. The lowest BCUT2D eigenvalue weighted by Gasteiger charge is -2.45. The molecule has 13 heteroatoms. The summed E-state index contributed by atoms with van der Waals surface area (Å²) in [6.45, 7) is 0. The first kappa shape index (κ1) is 30.8. The van der Waals surface area contributed by atoms with E-state index in [9.17, 15) is 40.2 Å². The van der Waals surface area contributed by atoms with Gasteiger partial charge in [-0.05, 0) is 0 Å². The van der Waals surface area contributed by atoms with Crippen LogP contribution in [0.25, 0.3) is 0 Å². The van der Waals surface area contributed by atoms with E-state index in [0.717, 1.165) is 14.2 Å². The summed E-state index contributed by atoms with van der Waals surface area (Å²) in [5.41, 5.74) is 0. The van der Waals surface area contributed by atoms with Crippen LogP contribution < -0.4 is 0 Å². The minimum Gasteiger partial charge on any atom is -0.479 e. The maximum Gasteiger partial charge on any atom is 0.335 e. The number of carboxylic acids is 2. The Labute approximate surface area is 174 Å². The second-order valence-electron chi connectivity index (χ2n) is 6.03. The van der Waals surface area contributed by atoms with Crippen LogP contribution >= 0.6 is 0 Å². The van der Waals surface area contributed by atoms with Crippen molar-refractivity contribution in [1.82, 2.24) is 0 Å².